The summed E-state index contributed by atoms with van der Waals surface area (Å²) in [6, 6.07) is 0. The summed E-state index contributed by atoms with van der Waals surface area (Å²) in [7, 11) is 0. The summed E-state index contributed by atoms with van der Waals surface area (Å²) in [5.41, 5.74) is 4.55. The van der Waals surface area contributed by atoms with Gasteiger partial charge in [0.05, 0.1) is 0 Å². The summed E-state index contributed by atoms with van der Waals surface area (Å²) >= 11 is 0. The highest BCUT2D eigenvalue weighted by Gasteiger charge is 1.98. The minimum Gasteiger partial charge on any atom is -0.384 e. The lowest BCUT2D eigenvalue weighted by molar-refractivity contribution is -0.125. The van der Waals surface area contributed by atoms with Crippen LogP contribution in [0.3, 0.4) is 0 Å². The molecule has 0 saturated carbocycles. The third kappa shape index (κ3) is 7.29. The molecule has 0 aliphatic carbocycles. The molecule has 4 nitrogen and oxygen atoms in total. The molecule has 1 heterocycles. The molecule has 4 heteroatoms. The number of aliphatic hydroxyl groups is 1. The summed E-state index contributed by atoms with van der Waals surface area (Å²) in [6.45, 7) is 3.82. The molecule has 1 aliphatic rings. The minimum atomic E-state index is -1.01. The van der Waals surface area contributed by atoms with E-state index in [1.54, 1.807) is 0 Å². The van der Waals surface area contributed by atoms with E-state index in [-0.39, 0.29) is 0 Å². The van der Waals surface area contributed by atoms with Gasteiger partial charge in [0.15, 0.2) is 0 Å². The van der Waals surface area contributed by atoms with Gasteiger partial charge in [-0.1, -0.05) is 0 Å². The van der Waals surface area contributed by atoms with Crippen molar-refractivity contribution in [3.8, 4) is 0 Å². The Morgan fingerprint density at radius 2 is 1.91 bits per heavy atom. The van der Waals surface area contributed by atoms with Crippen LogP contribution in [-0.4, -0.2) is 30.2 Å². The predicted molar refractivity (Wildman–Crippen MR) is 43.0 cm³/mol. The van der Waals surface area contributed by atoms with Crippen molar-refractivity contribution >= 4 is 5.91 Å². The van der Waals surface area contributed by atoms with Crippen LogP contribution in [0.15, 0.2) is 0 Å². The number of hydrogen-bond donors (Lipinski definition) is 3. The highest BCUT2D eigenvalue weighted by molar-refractivity contribution is 5.77. The molecule has 1 aliphatic heterocycles. The zero-order valence-corrected chi connectivity index (χ0v) is 6.84. The first kappa shape index (κ1) is 10.4. The van der Waals surface area contributed by atoms with Gasteiger partial charge in [-0.3, -0.25) is 4.79 Å². The quantitative estimate of drug-likeness (QED) is 0.471. The van der Waals surface area contributed by atoms with Crippen molar-refractivity contribution in [2.75, 3.05) is 13.1 Å². The maximum atomic E-state index is 9.67. The molecule has 0 radical (unpaired) electrons. The summed E-state index contributed by atoms with van der Waals surface area (Å²) in [5, 5.41) is 11.4. The molecule has 1 atom stereocenters. The van der Waals surface area contributed by atoms with Gasteiger partial charge in [-0.2, -0.15) is 0 Å². The number of primary amides is 1. The number of carbonyl (C=O) groups excluding carboxylic acids is 1. The lowest BCUT2D eigenvalue weighted by atomic mass is 10.4. The van der Waals surface area contributed by atoms with E-state index in [4.69, 9.17) is 5.11 Å². The average molecular weight is 160 g/mol. The molecule has 1 saturated heterocycles. The zero-order valence-electron chi connectivity index (χ0n) is 6.84. The lowest BCUT2D eigenvalue weighted by Crippen LogP contribution is -2.24. The molecule has 0 aromatic carbocycles. The molecular weight excluding hydrogens is 144 g/mol. The van der Waals surface area contributed by atoms with Gasteiger partial charge >= 0.3 is 0 Å². The Morgan fingerprint density at radius 3 is 2.00 bits per heavy atom. The van der Waals surface area contributed by atoms with Crippen molar-refractivity contribution < 1.29 is 9.90 Å². The Labute approximate surface area is 66.8 Å². The minimum absolute atomic E-state index is 0.685. The average Bonchev–Trinajstić information content (AvgIpc) is 2.41. The first-order chi connectivity index (χ1) is 5.14. The van der Waals surface area contributed by atoms with Crippen molar-refractivity contribution in [2.24, 2.45) is 5.73 Å². The fourth-order valence-corrected chi connectivity index (χ4v) is 0.625. The largest absolute Gasteiger partial charge is 0.384 e. The van der Waals surface area contributed by atoms with Gasteiger partial charge in [-0.25, -0.2) is 0 Å². The maximum absolute atomic E-state index is 9.67. The number of rotatable bonds is 1. The van der Waals surface area contributed by atoms with Crippen LogP contribution < -0.4 is 11.1 Å². The van der Waals surface area contributed by atoms with Crippen molar-refractivity contribution in [3.63, 3.8) is 0 Å². The molecule has 0 aromatic rings. The van der Waals surface area contributed by atoms with Gasteiger partial charge in [0.2, 0.25) is 5.91 Å². The topological polar surface area (TPSA) is 75.3 Å². The first-order valence-electron chi connectivity index (χ1n) is 3.82. The van der Waals surface area contributed by atoms with Crippen LogP contribution in [0, 0.1) is 0 Å². The van der Waals surface area contributed by atoms with Crippen LogP contribution in [-0.2, 0) is 4.79 Å². The van der Waals surface area contributed by atoms with E-state index in [1.807, 2.05) is 0 Å². The number of carbonyl (C=O) groups is 1. The monoisotopic (exact) mass is 160 g/mol. The normalized spacial score (nSPS) is 18.4. The molecule has 0 aromatic heterocycles. The number of aliphatic hydroxyl groups excluding tert-OH is 1. The second-order valence-corrected chi connectivity index (χ2v) is 2.54. The Balaban J connectivity index is 0.000000183. The standard InChI is InChI=1S/C4H9N.C3H7NO2/c1-2-4-5-3-1;1-2(5)3(4)6/h5H,1-4H2;2,5H,1H3,(H2,4,6). The van der Waals surface area contributed by atoms with Gasteiger partial charge in [0.25, 0.3) is 0 Å². The van der Waals surface area contributed by atoms with Gasteiger partial charge in [-0.05, 0) is 32.9 Å². The van der Waals surface area contributed by atoms with Crippen molar-refractivity contribution in [2.45, 2.75) is 25.9 Å². The lowest BCUT2D eigenvalue weighted by Gasteiger charge is -1.90. The van der Waals surface area contributed by atoms with Crippen LogP contribution in [0.1, 0.15) is 19.8 Å². The molecule has 1 fully saturated rings. The van der Waals surface area contributed by atoms with Crippen molar-refractivity contribution in [1.82, 2.24) is 5.32 Å². The summed E-state index contributed by atoms with van der Waals surface area (Å²) in [4.78, 5) is 9.67. The molecule has 0 bridgehead atoms. The van der Waals surface area contributed by atoms with E-state index >= 15 is 0 Å². The molecule has 1 rings (SSSR count). The molecule has 1 unspecified atom stereocenters. The Bertz CT molecular complexity index is 103. The third-order valence-electron chi connectivity index (χ3n) is 1.37. The fraction of sp³-hybridized carbons (Fsp3) is 0.857. The maximum Gasteiger partial charge on any atom is 0.245 e. The van der Waals surface area contributed by atoms with E-state index in [9.17, 15) is 4.79 Å². The fourth-order valence-electron chi connectivity index (χ4n) is 0.625. The summed E-state index contributed by atoms with van der Waals surface area (Å²) in [6.07, 6.45) is 1.77. The highest BCUT2D eigenvalue weighted by Crippen LogP contribution is 1.90. The molecule has 0 spiro atoms. The van der Waals surface area contributed by atoms with Crippen LogP contribution in [0.2, 0.25) is 0 Å². The van der Waals surface area contributed by atoms with Gasteiger partial charge < -0.3 is 16.2 Å². The smallest absolute Gasteiger partial charge is 0.245 e. The van der Waals surface area contributed by atoms with E-state index < -0.39 is 12.0 Å². The van der Waals surface area contributed by atoms with Crippen LogP contribution in [0.5, 0.6) is 0 Å². The number of nitrogens with one attached hydrogen (secondary N) is 1. The van der Waals surface area contributed by atoms with Gasteiger partial charge in [0.1, 0.15) is 6.10 Å². The molecular formula is C7H16N2O2. The van der Waals surface area contributed by atoms with E-state index in [2.05, 4.69) is 11.1 Å². The predicted octanol–water partition coefficient (Wildman–Crippen LogP) is -0.778. The van der Waals surface area contributed by atoms with Gasteiger partial charge in [0, 0.05) is 0 Å². The van der Waals surface area contributed by atoms with Crippen molar-refractivity contribution in [1.29, 1.82) is 0 Å². The molecule has 66 valence electrons. The second kappa shape index (κ2) is 6.12. The van der Waals surface area contributed by atoms with Gasteiger partial charge in [-0.15, -0.1) is 0 Å². The number of hydrogen-bond acceptors (Lipinski definition) is 3. The number of nitrogens with two attached hydrogens (primary N) is 1. The van der Waals surface area contributed by atoms with E-state index in [0.717, 1.165) is 0 Å². The van der Waals surface area contributed by atoms with E-state index in [1.165, 1.54) is 32.9 Å². The Morgan fingerprint density at radius 1 is 1.55 bits per heavy atom. The molecule has 4 N–H and O–H groups in total. The van der Waals surface area contributed by atoms with Crippen LogP contribution in [0.4, 0.5) is 0 Å². The zero-order chi connectivity index (χ0) is 8.69. The number of amides is 1. The molecule has 11 heavy (non-hydrogen) atoms. The first-order valence-corrected chi connectivity index (χ1v) is 3.82. The SMILES string of the molecule is C1CCNC1.CC(O)C(N)=O. The molecule has 1 amide bonds. The van der Waals surface area contributed by atoms with E-state index in [0.29, 0.717) is 0 Å². The summed E-state index contributed by atoms with van der Waals surface area (Å²) < 4.78 is 0. The van der Waals surface area contributed by atoms with Crippen LogP contribution in [0.25, 0.3) is 0 Å². The third-order valence-corrected chi connectivity index (χ3v) is 1.37. The summed E-state index contributed by atoms with van der Waals surface area (Å²) in [5.74, 6) is -0.685. The highest BCUT2D eigenvalue weighted by atomic mass is 16.3. The Hall–Kier alpha value is -0.610. The second-order valence-electron chi connectivity index (χ2n) is 2.54. The Kier molecular flexibility index (Phi) is 5.78. The van der Waals surface area contributed by atoms with Crippen molar-refractivity contribution in [3.05, 3.63) is 0 Å². The van der Waals surface area contributed by atoms with Crippen LogP contribution >= 0.6 is 0 Å².